The van der Waals surface area contributed by atoms with Gasteiger partial charge in [0.05, 0.1) is 25.6 Å². The lowest BCUT2D eigenvalue weighted by Crippen LogP contribution is -2.36. The number of carbonyl (C=O) groups excluding carboxylic acids is 2. The van der Waals surface area contributed by atoms with Gasteiger partial charge in [-0.3, -0.25) is 14.6 Å². The average molecular weight is 475 g/mol. The smallest absolute Gasteiger partial charge is 0.227 e. The molecule has 4 rings (SSSR count). The van der Waals surface area contributed by atoms with Crippen molar-refractivity contribution in [1.82, 2.24) is 9.88 Å². The minimum Gasteiger partial charge on any atom is -0.496 e. The number of anilines is 1. The van der Waals surface area contributed by atoms with Gasteiger partial charge in [-0.05, 0) is 41.2 Å². The summed E-state index contributed by atoms with van der Waals surface area (Å²) in [6.45, 7) is 2.98. The molecule has 1 aromatic carbocycles. The number of ether oxygens (including phenoxy) is 1. The molecule has 0 bridgehead atoms. The van der Waals surface area contributed by atoms with Crippen LogP contribution in [0.15, 0.2) is 48.8 Å². The van der Waals surface area contributed by atoms with Crippen LogP contribution in [-0.2, 0) is 29.0 Å². The van der Waals surface area contributed by atoms with Gasteiger partial charge < -0.3 is 15.0 Å². The van der Waals surface area contributed by atoms with Gasteiger partial charge in [0.25, 0.3) is 0 Å². The van der Waals surface area contributed by atoms with Crippen LogP contribution >= 0.6 is 11.3 Å². The Bertz CT molecular complexity index is 1230. The van der Waals surface area contributed by atoms with E-state index in [4.69, 9.17) is 4.74 Å². The number of amides is 2. The van der Waals surface area contributed by atoms with Crippen molar-refractivity contribution in [2.24, 2.45) is 0 Å². The maximum absolute atomic E-state index is 12.8. The van der Waals surface area contributed by atoms with Gasteiger partial charge in [0.2, 0.25) is 11.8 Å². The molecule has 1 aliphatic rings. The molecule has 0 fully saturated rings. The zero-order valence-electron chi connectivity index (χ0n) is 19.2. The number of thiophene rings is 1. The predicted molar refractivity (Wildman–Crippen MR) is 131 cm³/mol. The normalized spacial score (nSPS) is 13.5. The van der Waals surface area contributed by atoms with Crippen molar-refractivity contribution in [3.8, 4) is 11.8 Å². The number of pyridine rings is 1. The van der Waals surface area contributed by atoms with Crippen molar-refractivity contribution < 1.29 is 14.3 Å². The van der Waals surface area contributed by atoms with Gasteiger partial charge in [-0.15, -0.1) is 11.3 Å². The number of carbonyl (C=O) groups is 2. The minimum absolute atomic E-state index is 0.0294. The van der Waals surface area contributed by atoms with E-state index in [1.807, 2.05) is 48.2 Å². The lowest BCUT2D eigenvalue weighted by Gasteiger charge is -2.27. The highest BCUT2D eigenvalue weighted by Crippen LogP contribution is 2.37. The van der Waals surface area contributed by atoms with Crippen molar-refractivity contribution in [3.05, 3.63) is 75.9 Å². The number of nitrogens with zero attached hydrogens (tertiary/aromatic N) is 3. The lowest BCUT2D eigenvalue weighted by molar-refractivity contribution is -0.131. The van der Waals surface area contributed by atoms with Gasteiger partial charge in [-0.1, -0.05) is 31.2 Å². The molecule has 34 heavy (non-hydrogen) atoms. The summed E-state index contributed by atoms with van der Waals surface area (Å²) in [5.41, 5.74) is 3.29. The van der Waals surface area contributed by atoms with Crippen LogP contribution in [0.5, 0.6) is 5.75 Å². The van der Waals surface area contributed by atoms with Crippen LogP contribution in [0.3, 0.4) is 0 Å². The maximum Gasteiger partial charge on any atom is 0.227 e. The SMILES string of the molecule is COc1ccccc1C(C)CC(=O)Nc1sc2c(c1C#N)CCN(C(=O)Cc1cccnc1)C2. The highest BCUT2D eigenvalue weighted by atomic mass is 32.1. The van der Waals surface area contributed by atoms with Crippen molar-refractivity contribution in [1.29, 1.82) is 5.26 Å². The van der Waals surface area contributed by atoms with E-state index in [2.05, 4.69) is 16.4 Å². The van der Waals surface area contributed by atoms with E-state index < -0.39 is 0 Å². The van der Waals surface area contributed by atoms with Gasteiger partial charge in [0, 0.05) is 30.2 Å². The molecule has 0 radical (unpaired) electrons. The second-order valence-corrected chi connectivity index (χ2v) is 9.42. The quantitative estimate of drug-likeness (QED) is 0.551. The van der Waals surface area contributed by atoms with Crippen LogP contribution in [0.2, 0.25) is 0 Å². The van der Waals surface area contributed by atoms with E-state index in [9.17, 15) is 14.9 Å². The molecule has 3 heterocycles. The largest absolute Gasteiger partial charge is 0.496 e. The summed E-state index contributed by atoms with van der Waals surface area (Å²) in [4.78, 5) is 32.4. The molecule has 174 valence electrons. The third-order valence-corrected chi connectivity index (χ3v) is 7.15. The Morgan fingerprint density at radius 3 is 2.85 bits per heavy atom. The molecule has 0 saturated carbocycles. The number of hydrogen-bond donors (Lipinski definition) is 1. The molecule has 7 nitrogen and oxygen atoms in total. The first-order valence-electron chi connectivity index (χ1n) is 11.1. The molecular formula is C26H26N4O3S. The highest BCUT2D eigenvalue weighted by Gasteiger charge is 2.28. The van der Waals surface area contributed by atoms with Gasteiger partial charge in [0.1, 0.15) is 16.8 Å². The van der Waals surface area contributed by atoms with E-state index in [1.165, 1.54) is 11.3 Å². The van der Waals surface area contributed by atoms with Crippen LogP contribution in [0.4, 0.5) is 5.00 Å². The number of fused-ring (bicyclic) bond motifs is 1. The fourth-order valence-corrected chi connectivity index (χ4v) is 5.48. The fourth-order valence-electron chi connectivity index (χ4n) is 4.25. The van der Waals surface area contributed by atoms with Crippen LogP contribution in [0.25, 0.3) is 0 Å². The summed E-state index contributed by atoms with van der Waals surface area (Å²) in [6.07, 6.45) is 4.55. The molecule has 1 atom stereocenters. The first kappa shape index (κ1) is 23.5. The Labute approximate surface area is 203 Å². The van der Waals surface area contributed by atoms with Crippen LogP contribution in [-0.4, -0.2) is 35.4 Å². The first-order valence-corrected chi connectivity index (χ1v) is 12.0. The van der Waals surface area contributed by atoms with Crippen molar-refractivity contribution in [3.63, 3.8) is 0 Å². The summed E-state index contributed by atoms with van der Waals surface area (Å²) < 4.78 is 5.42. The van der Waals surface area contributed by atoms with Crippen LogP contribution < -0.4 is 10.1 Å². The predicted octanol–water partition coefficient (Wildman–Crippen LogP) is 4.28. The molecule has 0 aliphatic carbocycles. The molecule has 8 heteroatoms. The monoisotopic (exact) mass is 474 g/mol. The van der Waals surface area contributed by atoms with E-state index in [-0.39, 0.29) is 24.2 Å². The Kier molecular flexibility index (Phi) is 7.24. The summed E-state index contributed by atoms with van der Waals surface area (Å²) in [6, 6.07) is 13.6. The molecule has 3 aromatic rings. The summed E-state index contributed by atoms with van der Waals surface area (Å²) >= 11 is 1.39. The molecule has 1 aliphatic heterocycles. The molecule has 1 unspecified atom stereocenters. The Hall–Kier alpha value is -3.70. The number of methoxy groups -OCH3 is 1. The standard InChI is InChI=1S/C26H26N4O3S/c1-17(19-7-3-4-8-22(19)33-2)12-24(31)29-26-21(14-27)20-9-11-30(16-23(20)34-26)25(32)13-18-6-5-10-28-15-18/h3-8,10,15,17H,9,11-13,16H2,1-2H3,(H,29,31). The summed E-state index contributed by atoms with van der Waals surface area (Å²) in [5, 5.41) is 13.3. The molecule has 1 N–H and O–H groups in total. The molecule has 0 spiro atoms. The molecule has 2 amide bonds. The molecular weight excluding hydrogens is 448 g/mol. The van der Waals surface area contributed by atoms with Crippen molar-refractivity contribution >= 4 is 28.2 Å². The van der Waals surface area contributed by atoms with Gasteiger partial charge in [-0.2, -0.15) is 5.26 Å². The minimum atomic E-state index is -0.155. The number of benzene rings is 1. The van der Waals surface area contributed by atoms with Crippen molar-refractivity contribution in [2.45, 2.75) is 38.6 Å². The highest BCUT2D eigenvalue weighted by molar-refractivity contribution is 7.16. The topological polar surface area (TPSA) is 95.3 Å². The molecule has 2 aromatic heterocycles. The van der Waals surface area contributed by atoms with Crippen molar-refractivity contribution in [2.75, 3.05) is 19.0 Å². The van der Waals surface area contributed by atoms with E-state index in [0.717, 1.165) is 27.3 Å². The number of nitrogens with one attached hydrogen (secondary N) is 1. The number of hydrogen-bond acceptors (Lipinski definition) is 6. The number of nitriles is 1. The molecule has 0 saturated heterocycles. The second-order valence-electron chi connectivity index (χ2n) is 8.32. The zero-order chi connectivity index (χ0) is 24.1. The Morgan fingerprint density at radius 2 is 2.12 bits per heavy atom. The average Bonchev–Trinajstić information content (AvgIpc) is 3.20. The van der Waals surface area contributed by atoms with E-state index in [1.54, 1.807) is 19.5 Å². The Morgan fingerprint density at radius 1 is 1.29 bits per heavy atom. The summed E-state index contributed by atoms with van der Waals surface area (Å²) in [7, 11) is 1.62. The Balaban J connectivity index is 1.44. The van der Waals surface area contributed by atoms with E-state index >= 15 is 0 Å². The van der Waals surface area contributed by atoms with Gasteiger partial charge in [-0.25, -0.2) is 0 Å². The first-order chi connectivity index (χ1) is 16.5. The lowest BCUT2D eigenvalue weighted by atomic mass is 9.96. The maximum atomic E-state index is 12.8. The third-order valence-electron chi connectivity index (χ3n) is 6.01. The third kappa shape index (κ3) is 5.10. The fraction of sp³-hybridized carbons (Fsp3) is 0.308. The number of aromatic nitrogens is 1. The summed E-state index contributed by atoms with van der Waals surface area (Å²) in [5.74, 6) is 0.583. The van der Waals surface area contributed by atoms with Crippen LogP contribution in [0.1, 0.15) is 46.4 Å². The number of para-hydroxylation sites is 1. The zero-order valence-corrected chi connectivity index (χ0v) is 20.0. The van der Waals surface area contributed by atoms with Crippen LogP contribution in [0, 0.1) is 11.3 Å². The number of rotatable bonds is 7. The van der Waals surface area contributed by atoms with Gasteiger partial charge in [0.15, 0.2) is 0 Å². The van der Waals surface area contributed by atoms with E-state index in [0.29, 0.717) is 36.5 Å². The second kappa shape index (κ2) is 10.5. The van der Waals surface area contributed by atoms with Gasteiger partial charge >= 0.3 is 0 Å².